The Kier molecular flexibility index (Phi) is 53.6. The van der Waals surface area contributed by atoms with Crippen molar-refractivity contribution in [3.05, 3.63) is 0 Å². The molecule has 4 nitrogen and oxygen atoms in total. The van der Waals surface area contributed by atoms with Crippen LogP contribution in [-0.2, 0) is 9.59 Å². The molecule has 0 bridgehead atoms. The zero-order valence-corrected chi connectivity index (χ0v) is 40.8. The van der Waals surface area contributed by atoms with E-state index in [0.717, 1.165) is 51.4 Å². The molecule has 0 amide bonds. The van der Waals surface area contributed by atoms with Gasteiger partial charge in [0.05, 0.1) is 0 Å². The van der Waals surface area contributed by atoms with Crippen molar-refractivity contribution >= 4 is 35.8 Å². The number of aliphatic carboxylic acids is 2. The van der Waals surface area contributed by atoms with Crippen molar-refractivity contribution in [3.8, 4) is 0 Å². The van der Waals surface area contributed by atoms with Gasteiger partial charge in [-0.3, -0.25) is 0 Å². The van der Waals surface area contributed by atoms with E-state index in [1.165, 1.54) is 205 Å². The molecule has 0 aliphatic carbocycles. The summed E-state index contributed by atoms with van der Waals surface area (Å²) in [5, 5.41) is 22.6. The summed E-state index contributed by atoms with van der Waals surface area (Å²) in [6.45, 7) is 9.01. The van der Waals surface area contributed by atoms with Crippen molar-refractivity contribution in [3.63, 3.8) is 0 Å². The average Bonchev–Trinajstić information content (AvgIpc) is 3.13. The predicted molar refractivity (Wildman–Crippen MR) is 233 cm³/mol. The molecule has 0 saturated carbocycles. The average molecular weight is 856 g/mol. The van der Waals surface area contributed by atoms with Gasteiger partial charge >= 0.3 is 23.9 Å². The first-order chi connectivity index (χ1) is 25.4. The second kappa shape index (κ2) is 49.8. The Balaban J connectivity index is -0.000000926. The molecular formula is C48H96O4Sn. The first kappa shape index (κ1) is 57.1. The third kappa shape index (κ3) is 47.8. The van der Waals surface area contributed by atoms with Gasteiger partial charge in [0.1, 0.15) is 0 Å². The van der Waals surface area contributed by atoms with Crippen LogP contribution in [0.15, 0.2) is 0 Å². The Hall–Kier alpha value is -0.261. The van der Waals surface area contributed by atoms with Gasteiger partial charge in [0.25, 0.3) is 0 Å². The monoisotopic (exact) mass is 857 g/mol. The number of rotatable bonds is 42. The molecule has 0 saturated heterocycles. The van der Waals surface area contributed by atoms with Gasteiger partial charge in [-0.05, 0) is 37.5 Å². The zero-order chi connectivity index (χ0) is 38.6. The van der Waals surface area contributed by atoms with E-state index >= 15 is 0 Å². The number of carbonyl (C=O) groups is 2. The van der Waals surface area contributed by atoms with Crippen LogP contribution < -0.4 is 10.2 Å². The maximum absolute atomic E-state index is 11.3. The molecule has 0 heterocycles. The summed E-state index contributed by atoms with van der Waals surface area (Å²) >= 11 is 0. The van der Waals surface area contributed by atoms with Gasteiger partial charge in [0, 0.05) is 11.9 Å². The fourth-order valence-corrected chi connectivity index (χ4v) is 7.57. The van der Waals surface area contributed by atoms with Gasteiger partial charge < -0.3 is 19.8 Å². The van der Waals surface area contributed by atoms with Gasteiger partial charge in [0.15, 0.2) is 0 Å². The number of hydrogen-bond acceptors (Lipinski definition) is 4. The van der Waals surface area contributed by atoms with Crippen molar-refractivity contribution < 1.29 is 19.8 Å². The molecule has 0 aromatic rings. The molecule has 0 aromatic carbocycles. The summed E-state index contributed by atoms with van der Waals surface area (Å²) in [5.74, 6) is -2.04. The van der Waals surface area contributed by atoms with Crippen molar-refractivity contribution in [1.82, 2.24) is 0 Å². The fraction of sp³-hybridized carbons (Fsp3) is 0.958. The number of unbranched alkanes of at least 4 members (excludes halogenated alkanes) is 32. The van der Waals surface area contributed by atoms with Crippen LogP contribution >= 0.6 is 0 Å². The second-order valence-electron chi connectivity index (χ2n) is 16.5. The van der Waals surface area contributed by atoms with Crippen LogP contribution in [0.4, 0.5) is 0 Å². The molecule has 2 atom stereocenters. The number of carboxylic acid groups (broad SMARTS) is 2. The van der Waals surface area contributed by atoms with Crippen LogP contribution in [0.5, 0.6) is 0 Å². The Morgan fingerprint density at radius 1 is 0.283 bits per heavy atom. The van der Waals surface area contributed by atoms with E-state index in [-0.39, 0.29) is 35.7 Å². The number of hydrogen-bond donors (Lipinski definition) is 0. The van der Waals surface area contributed by atoms with Crippen molar-refractivity contribution in [2.24, 2.45) is 11.8 Å². The fourth-order valence-electron chi connectivity index (χ4n) is 7.57. The first-order valence-electron chi connectivity index (χ1n) is 23.9. The molecule has 2 unspecified atom stereocenters. The number of carbonyl (C=O) groups excluding carboxylic acids is 2. The second-order valence-corrected chi connectivity index (χ2v) is 16.5. The Morgan fingerprint density at radius 3 is 0.547 bits per heavy atom. The topological polar surface area (TPSA) is 80.3 Å². The van der Waals surface area contributed by atoms with Crippen molar-refractivity contribution in [1.29, 1.82) is 0 Å². The molecule has 0 aromatic heterocycles. The Bertz CT molecular complexity index is 641. The summed E-state index contributed by atoms with van der Waals surface area (Å²) in [4.78, 5) is 22.6. The zero-order valence-electron chi connectivity index (χ0n) is 36.8. The Labute approximate surface area is 350 Å². The molecule has 316 valence electrons. The summed E-state index contributed by atoms with van der Waals surface area (Å²) < 4.78 is 0. The molecule has 0 spiro atoms. The van der Waals surface area contributed by atoms with Gasteiger partial charge in [-0.1, -0.05) is 259 Å². The van der Waals surface area contributed by atoms with Crippen LogP contribution in [0.1, 0.15) is 285 Å². The summed E-state index contributed by atoms with van der Waals surface area (Å²) in [7, 11) is 0. The normalized spacial score (nSPS) is 12.2. The molecule has 0 rings (SSSR count). The molecule has 0 aliphatic heterocycles. The minimum absolute atomic E-state index is 0. The summed E-state index contributed by atoms with van der Waals surface area (Å²) in [5.41, 5.74) is 0. The molecule has 0 fully saturated rings. The van der Waals surface area contributed by atoms with E-state index in [4.69, 9.17) is 0 Å². The first-order valence-corrected chi connectivity index (χ1v) is 23.9. The van der Waals surface area contributed by atoms with Crippen LogP contribution in [0.25, 0.3) is 0 Å². The van der Waals surface area contributed by atoms with Gasteiger partial charge in [-0.15, -0.1) is 0 Å². The molecule has 53 heavy (non-hydrogen) atoms. The maximum atomic E-state index is 11.3. The minimum atomic E-state index is -0.816. The van der Waals surface area contributed by atoms with Crippen molar-refractivity contribution in [2.45, 2.75) is 285 Å². The van der Waals surface area contributed by atoms with E-state index in [0.29, 0.717) is 0 Å². The van der Waals surface area contributed by atoms with E-state index in [1.54, 1.807) is 0 Å². The van der Waals surface area contributed by atoms with Gasteiger partial charge in [-0.25, -0.2) is 0 Å². The summed E-state index contributed by atoms with van der Waals surface area (Å²) in [6, 6.07) is 0. The summed E-state index contributed by atoms with van der Waals surface area (Å²) in [6.07, 6.45) is 49.8. The Morgan fingerprint density at radius 2 is 0.415 bits per heavy atom. The molecular weight excluding hydrogens is 759 g/mol. The van der Waals surface area contributed by atoms with E-state index in [9.17, 15) is 19.8 Å². The van der Waals surface area contributed by atoms with E-state index in [2.05, 4.69) is 27.7 Å². The van der Waals surface area contributed by atoms with Crippen LogP contribution in [0.2, 0.25) is 0 Å². The van der Waals surface area contributed by atoms with E-state index in [1.807, 2.05) is 0 Å². The molecule has 0 N–H and O–H groups in total. The van der Waals surface area contributed by atoms with Crippen LogP contribution in [0.3, 0.4) is 0 Å². The molecule has 0 aliphatic rings. The van der Waals surface area contributed by atoms with Crippen molar-refractivity contribution in [2.75, 3.05) is 0 Å². The van der Waals surface area contributed by atoms with Gasteiger partial charge in [0.2, 0.25) is 0 Å². The SMILES string of the molecule is CCCCCCCCCCCCC(CCCCCCCCCC)C(=O)[O-].CCCCCCCCCCCCC(CCCCCCCCCC)C(=O)[O-].[SnH2+2]. The molecule has 0 radical (unpaired) electrons. The van der Waals surface area contributed by atoms with Crippen LogP contribution in [-0.4, -0.2) is 35.8 Å². The number of carboxylic acids is 2. The van der Waals surface area contributed by atoms with Crippen LogP contribution in [0, 0.1) is 11.8 Å². The third-order valence-corrected chi connectivity index (χ3v) is 11.3. The van der Waals surface area contributed by atoms with Gasteiger partial charge in [-0.2, -0.15) is 0 Å². The quantitative estimate of drug-likeness (QED) is 0.0452. The molecule has 5 heteroatoms. The predicted octanol–water partition coefficient (Wildman–Crippen LogP) is 13.5. The van der Waals surface area contributed by atoms with E-state index < -0.39 is 11.9 Å². The standard InChI is InChI=1S/2C24H48O2.Sn.2H/c2*1-3-5-7-9-11-13-14-16-18-20-22-23(24(25)26)21-19-17-15-12-10-8-6-4-2;;;/h2*23H,3-22H2,1-2H3,(H,25,26);;;/q;;+2;;/p-2. The third-order valence-electron chi connectivity index (χ3n) is 11.3.